The van der Waals surface area contributed by atoms with Gasteiger partial charge in [-0.2, -0.15) is 0 Å². The summed E-state index contributed by atoms with van der Waals surface area (Å²) in [6.07, 6.45) is -1.80. The molecule has 2 aromatic carbocycles. The average molecular weight is 467 g/mol. The van der Waals surface area contributed by atoms with Crippen molar-refractivity contribution in [3.63, 3.8) is 0 Å². The zero-order chi connectivity index (χ0) is 17.4. The molecule has 6 heteroatoms. The summed E-state index contributed by atoms with van der Waals surface area (Å²) >= 11 is 8.48. The minimum absolute atomic E-state index is 0.0522. The van der Waals surface area contributed by atoms with Crippen LogP contribution in [0.4, 0.5) is 8.78 Å². The highest BCUT2D eigenvalue weighted by molar-refractivity contribution is 14.1. The van der Waals surface area contributed by atoms with Gasteiger partial charge in [-0.15, -0.1) is 0 Å². The molecule has 0 bridgehead atoms. The summed E-state index contributed by atoms with van der Waals surface area (Å²) in [6.45, 7) is 0.689. The lowest BCUT2D eigenvalue weighted by atomic mass is 10.1. The summed E-state index contributed by atoms with van der Waals surface area (Å²) in [7, 11) is 0. The highest BCUT2D eigenvalue weighted by Crippen LogP contribution is 2.23. The van der Waals surface area contributed by atoms with Crippen molar-refractivity contribution in [2.45, 2.75) is 19.3 Å². The molecule has 0 saturated heterocycles. The van der Waals surface area contributed by atoms with Crippen LogP contribution in [0.5, 0.6) is 5.75 Å². The van der Waals surface area contributed by atoms with Gasteiger partial charge in [0.2, 0.25) is 6.43 Å². The van der Waals surface area contributed by atoms with Gasteiger partial charge in [0.15, 0.2) is 0 Å². The Morgan fingerprint density at radius 2 is 1.75 bits per heavy atom. The molecule has 0 aliphatic heterocycles. The van der Waals surface area contributed by atoms with Gasteiger partial charge in [0.05, 0.1) is 13.2 Å². The standard InChI is InChI=1S/C18H18ClF2IO2/c19-17-6-3-15(22)12-14(17)11-13-1-4-16(5-2-13)24-10-9-23-8-7-18(20)21/h1-6,12,18H,7-11H2. The molecule has 0 radical (unpaired) electrons. The quantitative estimate of drug-likeness (QED) is 0.354. The second kappa shape index (κ2) is 10.2. The Morgan fingerprint density at radius 3 is 2.46 bits per heavy atom. The van der Waals surface area contributed by atoms with Gasteiger partial charge in [-0.1, -0.05) is 23.7 Å². The lowest BCUT2D eigenvalue weighted by Gasteiger charge is -2.09. The van der Waals surface area contributed by atoms with Crippen LogP contribution in [0, 0.1) is 3.57 Å². The van der Waals surface area contributed by atoms with Crippen molar-refractivity contribution >= 4 is 34.2 Å². The summed E-state index contributed by atoms with van der Waals surface area (Å²) in [5, 5.41) is 0.761. The van der Waals surface area contributed by atoms with Gasteiger partial charge >= 0.3 is 0 Å². The van der Waals surface area contributed by atoms with Crippen LogP contribution in [0.1, 0.15) is 17.5 Å². The van der Waals surface area contributed by atoms with Crippen LogP contribution < -0.4 is 4.74 Å². The van der Waals surface area contributed by atoms with Gasteiger partial charge in [0, 0.05) is 15.0 Å². The first-order chi connectivity index (χ1) is 11.5. The number of hydrogen-bond acceptors (Lipinski definition) is 2. The first kappa shape index (κ1) is 19.4. The zero-order valence-electron chi connectivity index (χ0n) is 13.0. The molecule has 2 aromatic rings. The van der Waals surface area contributed by atoms with Crippen LogP contribution in [-0.4, -0.2) is 26.2 Å². The molecular formula is C18H18ClF2IO2. The fourth-order valence-electron chi connectivity index (χ4n) is 2.10. The van der Waals surface area contributed by atoms with E-state index in [0.717, 1.165) is 31.9 Å². The third-order valence-corrected chi connectivity index (χ3v) is 4.34. The summed E-state index contributed by atoms with van der Waals surface area (Å²) in [5.41, 5.74) is 2.23. The number of halogens is 4. The first-order valence-electron chi connectivity index (χ1n) is 7.56. The predicted octanol–water partition coefficient (Wildman–Crippen LogP) is 5.59. The van der Waals surface area contributed by atoms with E-state index in [1.807, 2.05) is 36.4 Å². The third kappa shape index (κ3) is 6.91. The summed E-state index contributed by atoms with van der Waals surface area (Å²) < 4.78 is 35.6. The summed E-state index contributed by atoms with van der Waals surface area (Å²) in [5.74, 6) is 0.727. The van der Waals surface area contributed by atoms with Crippen molar-refractivity contribution in [2.24, 2.45) is 0 Å². The lowest BCUT2D eigenvalue weighted by Crippen LogP contribution is -2.09. The Bertz CT molecular complexity index is 635. The van der Waals surface area contributed by atoms with Crippen LogP contribution in [-0.2, 0) is 11.2 Å². The Morgan fingerprint density at radius 1 is 1.00 bits per heavy atom. The smallest absolute Gasteiger partial charge is 0.240 e. The van der Waals surface area contributed by atoms with Crippen LogP contribution in [0.2, 0.25) is 5.02 Å². The van der Waals surface area contributed by atoms with Gasteiger partial charge in [-0.05, 0) is 70.5 Å². The van der Waals surface area contributed by atoms with Crippen molar-refractivity contribution < 1.29 is 18.3 Å². The lowest BCUT2D eigenvalue weighted by molar-refractivity contribution is 0.0535. The Labute approximate surface area is 159 Å². The van der Waals surface area contributed by atoms with Gasteiger partial charge in [-0.3, -0.25) is 0 Å². The molecule has 0 aliphatic carbocycles. The highest BCUT2D eigenvalue weighted by atomic mass is 127. The number of hydrogen-bond donors (Lipinski definition) is 0. The number of benzene rings is 2. The molecule has 0 unspecified atom stereocenters. The van der Waals surface area contributed by atoms with Crippen LogP contribution >= 0.6 is 34.2 Å². The largest absolute Gasteiger partial charge is 0.491 e. The third-order valence-electron chi connectivity index (χ3n) is 3.30. The molecule has 0 aromatic heterocycles. The minimum Gasteiger partial charge on any atom is -0.491 e. The predicted molar refractivity (Wildman–Crippen MR) is 100 cm³/mol. The van der Waals surface area contributed by atoms with Gasteiger partial charge in [0.1, 0.15) is 12.4 Å². The minimum atomic E-state index is -2.32. The van der Waals surface area contributed by atoms with Gasteiger partial charge < -0.3 is 9.47 Å². The van der Waals surface area contributed by atoms with E-state index in [9.17, 15) is 8.78 Å². The number of rotatable bonds is 9. The number of alkyl halides is 2. The molecule has 0 saturated carbocycles. The molecule has 0 aliphatic rings. The SMILES string of the molecule is FC(F)CCOCCOc1ccc(Cc2cc(I)ccc2Cl)cc1. The van der Waals surface area contributed by atoms with Crippen molar-refractivity contribution in [2.75, 3.05) is 19.8 Å². The van der Waals surface area contributed by atoms with Crippen LogP contribution in [0.3, 0.4) is 0 Å². The number of ether oxygens (including phenoxy) is 2. The van der Waals surface area contributed by atoms with E-state index in [2.05, 4.69) is 28.7 Å². The van der Waals surface area contributed by atoms with Crippen molar-refractivity contribution in [1.82, 2.24) is 0 Å². The molecule has 0 spiro atoms. The van der Waals surface area contributed by atoms with E-state index < -0.39 is 6.43 Å². The van der Waals surface area contributed by atoms with Crippen molar-refractivity contribution in [3.05, 3.63) is 62.2 Å². The molecular weight excluding hydrogens is 449 g/mol. The van der Waals surface area contributed by atoms with E-state index in [1.165, 1.54) is 0 Å². The van der Waals surface area contributed by atoms with Gasteiger partial charge in [-0.25, -0.2) is 8.78 Å². The molecule has 0 amide bonds. The van der Waals surface area contributed by atoms with Crippen LogP contribution in [0.25, 0.3) is 0 Å². The van der Waals surface area contributed by atoms with Gasteiger partial charge in [0.25, 0.3) is 0 Å². The average Bonchev–Trinajstić information content (AvgIpc) is 2.55. The fraction of sp³-hybridized carbons (Fsp3) is 0.333. The Balaban J connectivity index is 1.77. The normalized spacial score (nSPS) is 11.0. The zero-order valence-corrected chi connectivity index (χ0v) is 15.9. The summed E-state index contributed by atoms with van der Waals surface area (Å²) in [6, 6.07) is 13.7. The molecule has 130 valence electrons. The molecule has 0 fully saturated rings. The molecule has 24 heavy (non-hydrogen) atoms. The van der Waals surface area contributed by atoms with E-state index in [-0.39, 0.29) is 13.0 Å². The van der Waals surface area contributed by atoms with E-state index >= 15 is 0 Å². The second-order valence-electron chi connectivity index (χ2n) is 5.20. The first-order valence-corrected chi connectivity index (χ1v) is 9.02. The Hall–Kier alpha value is -0.920. The maximum Gasteiger partial charge on any atom is 0.240 e. The molecule has 2 nitrogen and oxygen atoms in total. The molecule has 0 heterocycles. The summed E-state index contributed by atoms with van der Waals surface area (Å²) in [4.78, 5) is 0. The molecule has 0 N–H and O–H groups in total. The maximum atomic E-state index is 11.9. The van der Waals surface area contributed by atoms with E-state index in [4.69, 9.17) is 21.1 Å². The topological polar surface area (TPSA) is 18.5 Å². The monoisotopic (exact) mass is 466 g/mol. The van der Waals surface area contributed by atoms with Crippen molar-refractivity contribution in [1.29, 1.82) is 0 Å². The highest BCUT2D eigenvalue weighted by Gasteiger charge is 2.04. The van der Waals surface area contributed by atoms with E-state index in [0.29, 0.717) is 13.2 Å². The van der Waals surface area contributed by atoms with Crippen molar-refractivity contribution in [3.8, 4) is 5.75 Å². The van der Waals surface area contributed by atoms with E-state index in [1.54, 1.807) is 0 Å². The van der Waals surface area contributed by atoms with Crippen LogP contribution in [0.15, 0.2) is 42.5 Å². The fourth-order valence-corrected chi connectivity index (χ4v) is 2.84. The molecule has 2 rings (SSSR count). The Kier molecular flexibility index (Phi) is 8.21. The maximum absolute atomic E-state index is 11.9. The second-order valence-corrected chi connectivity index (χ2v) is 6.85. The molecule has 0 atom stereocenters.